The van der Waals surface area contributed by atoms with Gasteiger partial charge in [0.05, 0.1) is 48.6 Å². The highest BCUT2D eigenvalue weighted by atomic mass is 16.5. The summed E-state index contributed by atoms with van der Waals surface area (Å²) in [5, 5.41) is 29.8. The van der Waals surface area contributed by atoms with Gasteiger partial charge in [0.25, 0.3) is 0 Å². The Hall–Kier alpha value is -7.09. The lowest BCUT2D eigenvalue weighted by Gasteiger charge is -2.41. The number of primary amides is 1. The number of anilines is 1. The minimum Gasteiger partial charge on any atom is -0.481 e. The number of azide groups is 1. The third kappa shape index (κ3) is 22.8. The predicted molar refractivity (Wildman–Crippen MR) is 332 cm³/mol. The molecular formula is C61H102N14O13. The molecule has 2 saturated heterocycles. The van der Waals surface area contributed by atoms with Gasteiger partial charge in [-0.15, -0.1) is 0 Å². The van der Waals surface area contributed by atoms with Gasteiger partial charge in [0, 0.05) is 83.5 Å². The van der Waals surface area contributed by atoms with Crippen LogP contribution in [0, 0.1) is 35.5 Å². The standard InChI is InChI=1S/C61H102N14O13/c1-15-38(8)53(73(12)59(83)51(36(4)5)70-58(82)52(37(6)7)72(10)11)46(87-13)33-49(78)75-29-17-19-45(75)54(88-14)39(9)55(79)67-43(34-65-71-63)32-40-20-22-42(23-21-40)66-56(80)44(18-16-28-64-61(62)86)68-57(81)50(35(2)3)69-47(76)24-25-48(77)74-30-26-41(27-31-74)60(84)85/h20-23,35-39,41,43-46,50-54H,15-19,24-34H2,1-14H3,(H,66,80)(H,67,79)(H,68,81)(H,69,76)(H,70,82)(H,84,85)(H3,62,64,86)/t38-,39+,43-,44-,45-,46+,50-,51-,52-,53-,54+/m0/s1. The van der Waals surface area contributed by atoms with Gasteiger partial charge in [0.1, 0.15) is 18.1 Å². The highest BCUT2D eigenvalue weighted by Crippen LogP contribution is 2.30. The molecule has 1 aromatic carbocycles. The maximum Gasteiger partial charge on any atom is 0.312 e. The zero-order chi connectivity index (χ0) is 66.1. The number of aliphatic carboxylic acids is 1. The third-order valence-electron chi connectivity index (χ3n) is 17.0. The lowest BCUT2D eigenvalue weighted by Crippen LogP contribution is -2.59. The minimum absolute atomic E-state index is 0.00696. The smallest absolute Gasteiger partial charge is 0.312 e. The second-order valence-corrected chi connectivity index (χ2v) is 24.8. The molecule has 3 rings (SSSR count). The minimum atomic E-state index is -1.14. The van der Waals surface area contributed by atoms with E-state index in [-0.39, 0.29) is 106 Å². The van der Waals surface area contributed by atoms with Crippen molar-refractivity contribution in [2.75, 3.05) is 73.4 Å². The summed E-state index contributed by atoms with van der Waals surface area (Å²) in [5.41, 5.74) is 15.6. The summed E-state index contributed by atoms with van der Waals surface area (Å²) in [6.07, 6.45) is 1.14. The van der Waals surface area contributed by atoms with E-state index < -0.39 is 108 Å². The van der Waals surface area contributed by atoms with E-state index in [4.69, 9.17) is 15.2 Å². The van der Waals surface area contributed by atoms with Crippen molar-refractivity contribution in [3.05, 3.63) is 40.3 Å². The lowest BCUT2D eigenvalue weighted by molar-refractivity contribution is -0.148. The van der Waals surface area contributed by atoms with Crippen LogP contribution in [0.4, 0.5) is 10.5 Å². The van der Waals surface area contributed by atoms with Crippen LogP contribution >= 0.6 is 0 Å². The highest BCUT2D eigenvalue weighted by molar-refractivity contribution is 5.98. The SMILES string of the molecule is CC[C@H](C)[C@@H]([C@@H](CC(=O)N1CCC[C@H]1[C@H](OC)[C@@H](C)C(=O)N[C@H](CN=[N+]=[N-])Cc1ccc(NC(=O)[C@H](CCCNC(N)=O)NC(=O)[C@@H](NC(=O)CCC(=O)N2CCC(C(=O)O)CC2)C(C)C)cc1)OC)N(C)C(=O)[C@@H](NC(=O)[C@H](C(C)C)N(C)C)C(C)C. The lowest BCUT2D eigenvalue weighted by atomic mass is 9.89. The van der Waals surface area contributed by atoms with Crippen molar-refractivity contribution in [1.29, 1.82) is 0 Å². The molecular weight excluding hydrogens is 1140 g/mol. The average Bonchev–Trinajstić information content (AvgIpc) is 2.73. The Morgan fingerprint density at radius 2 is 1.41 bits per heavy atom. The summed E-state index contributed by atoms with van der Waals surface area (Å²) >= 11 is 0. The Bertz CT molecular complexity index is 2530. The molecule has 0 aromatic heterocycles. The van der Waals surface area contributed by atoms with Crippen LogP contribution in [0.15, 0.2) is 29.4 Å². The Morgan fingerprint density at radius 1 is 0.773 bits per heavy atom. The Kier molecular flexibility index (Phi) is 31.6. The van der Waals surface area contributed by atoms with Gasteiger partial charge in [-0.25, -0.2) is 4.79 Å². The number of carbonyl (C=O) groups excluding carboxylic acids is 9. The number of nitrogens with two attached hydrogens (primary N) is 1. The molecule has 0 bridgehead atoms. The number of carbonyl (C=O) groups is 10. The van der Waals surface area contributed by atoms with Crippen molar-refractivity contribution in [1.82, 2.24) is 46.2 Å². The zero-order valence-electron chi connectivity index (χ0n) is 54.3. The molecule has 0 saturated carbocycles. The molecule has 2 heterocycles. The maximum absolute atomic E-state index is 14.5. The van der Waals surface area contributed by atoms with Gasteiger partial charge in [0.15, 0.2) is 0 Å². The van der Waals surface area contributed by atoms with Crippen molar-refractivity contribution in [3.63, 3.8) is 0 Å². The number of benzene rings is 1. The second-order valence-electron chi connectivity index (χ2n) is 24.8. The monoisotopic (exact) mass is 1240 g/mol. The number of amides is 10. The van der Waals surface area contributed by atoms with E-state index in [1.807, 2.05) is 60.5 Å². The van der Waals surface area contributed by atoms with Gasteiger partial charge in [0.2, 0.25) is 47.3 Å². The molecule has 27 heteroatoms. The van der Waals surface area contributed by atoms with Gasteiger partial charge in [-0.1, -0.05) is 86.0 Å². The fraction of sp³-hybridized carbons (Fsp3) is 0.738. The van der Waals surface area contributed by atoms with Crippen molar-refractivity contribution in [3.8, 4) is 0 Å². The molecule has 88 heavy (non-hydrogen) atoms. The number of rotatable bonds is 36. The number of urea groups is 1. The molecule has 0 unspecified atom stereocenters. The maximum atomic E-state index is 14.5. The number of nitrogens with zero attached hydrogens (tertiary/aromatic N) is 7. The second kappa shape index (κ2) is 37.0. The summed E-state index contributed by atoms with van der Waals surface area (Å²) in [4.78, 5) is 143. The van der Waals surface area contributed by atoms with Gasteiger partial charge in [-0.3, -0.25) is 48.1 Å². The fourth-order valence-electron chi connectivity index (χ4n) is 11.9. The topological polar surface area (TPSA) is 369 Å². The van der Waals surface area contributed by atoms with Gasteiger partial charge in [-0.05, 0) is 106 Å². The number of likely N-dealkylation sites (N-methyl/N-ethyl adjacent to an activating group) is 2. The number of methoxy groups -OCH3 is 2. The molecule has 10 amide bonds. The summed E-state index contributed by atoms with van der Waals surface area (Å²) in [6, 6.07) is 0.687. The molecule has 2 aliphatic rings. The largest absolute Gasteiger partial charge is 0.481 e. The number of hydrogen-bond acceptors (Lipinski definition) is 14. The first-order chi connectivity index (χ1) is 41.5. The number of nitrogens with one attached hydrogen (secondary N) is 6. The summed E-state index contributed by atoms with van der Waals surface area (Å²) in [7, 11) is 8.36. The highest BCUT2D eigenvalue weighted by Gasteiger charge is 2.44. The van der Waals surface area contributed by atoms with Gasteiger partial charge >= 0.3 is 12.0 Å². The molecule has 27 nitrogen and oxygen atoms in total. The normalized spacial score (nSPS) is 17.9. The molecule has 11 atom stereocenters. The van der Waals surface area contributed by atoms with Crippen LogP contribution in [0.5, 0.6) is 0 Å². The number of carboxylic acids is 1. The number of likely N-dealkylation sites (tertiary alicyclic amines) is 2. The first-order valence-corrected chi connectivity index (χ1v) is 30.9. The first-order valence-electron chi connectivity index (χ1n) is 30.9. The molecule has 0 aliphatic carbocycles. The molecule has 2 aliphatic heterocycles. The van der Waals surface area contributed by atoms with Crippen LogP contribution in [0.3, 0.4) is 0 Å². The van der Waals surface area contributed by atoms with Crippen LogP contribution in [-0.2, 0) is 59.0 Å². The van der Waals surface area contributed by atoms with Crippen LogP contribution < -0.4 is 37.6 Å². The molecule has 494 valence electrons. The first kappa shape index (κ1) is 75.2. The molecule has 0 spiro atoms. The quantitative estimate of drug-likeness (QED) is 0.0205. The van der Waals surface area contributed by atoms with Crippen molar-refractivity contribution >= 4 is 64.9 Å². The van der Waals surface area contributed by atoms with Crippen molar-refractivity contribution in [2.24, 2.45) is 46.4 Å². The van der Waals surface area contributed by atoms with Crippen LogP contribution in [0.1, 0.15) is 132 Å². The van der Waals surface area contributed by atoms with Crippen LogP contribution in [0.2, 0.25) is 0 Å². The number of piperidine rings is 1. The Labute approximate surface area is 519 Å². The number of hydrogen-bond donors (Lipinski definition) is 8. The summed E-state index contributed by atoms with van der Waals surface area (Å²) < 4.78 is 12.1. The van der Waals surface area contributed by atoms with Crippen molar-refractivity contribution in [2.45, 2.75) is 187 Å². The Balaban J connectivity index is 1.73. The zero-order valence-corrected chi connectivity index (χ0v) is 54.3. The van der Waals surface area contributed by atoms with E-state index in [1.54, 1.807) is 61.9 Å². The summed E-state index contributed by atoms with van der Waals surface area (Å²) in [6.45, 7) is 17.8. The van der Waals surface area contributed by atoms with E-state index in [9.17, 15) is 58.6 Å². The summed E-state index contributed by atoms with van der Waals surface area (Å²) in [5.74, 6) is -6.29. The van der Waals surface area contributed by atoms with Gasteiger partial charge in [-0.2, -0.15) is 0 Å². The third-order valence-corrected chi connectivity index (χ3v) is 17.0. The van der Waals surface area contributed by atoms with E-state index in [2.05, 4.69) is 41.9 Å². The Morgan fingerprint density at radius 3 is 1.94 bits per heavy atom. The van der Waals surface area contributed by atoms with E-state index in [1.165, 1.54) is 19.1 Å². The van der Waals surface area contributed by atoms with Crippen molar-refractivity contribution < 1.29 is 62.5 Å². The fourth-order valence-corrected chi connectivity index (χ4v) is 11.9. The molecule has 9 N–H and O–H groups in total. The average molecular weight is 1240 g/mol. The number of carboxylic acid groups (broad SMARTS) is 1. The van der Waals surface area contributed by atoms with Crippen LogP contribution in [0.25, 0.3) is 10.4 Å². The molecule has 1 aromatic rings. The molecule has 2 fully saturated rings. The van der Waals surface area contributed by atoms with Gasteiger partial charge < -0.3 is 66.9 Å². The van der Waals surface area contributed by atoms with Crippen LogP contribution in [-0.4, -0.2) is 207 Å². The predicted octanol–water partition coefficient (Wildman–Crippen LogP) is 3.79. The van der Waals surface area contributed by atoms with E-state index in [0.717, 1.165) is 0 Å². The molecule has 0 radical (unpaired) electrons. The number of ether oxygens (including phenoxy) is 2. The van der Waals surface area contributed by atoms with E-state index >= 15 is 0 Å². The van der Waals surface area contributed by atoms with E-state index in [0.29, 0.717) is 49.9 Å².